The zero-order valence-corrected chi connectivity index (χ0v) is 16.5. The molecule has 0 radical (unpaired) electrons. The first-order chi connectivity index (χ1) is 14.1. The Morgan fingerprint density at radius 3 is 2.53 bits per heavy atom. The van der Waals surface area contributed by atoms with Gasteiger partial charge in [0.15, 0.2) is 0 Å². The van der Waals surface area contributed by atoms with Crippen LogP contribution in [0.3, 0.4) is 0 Å². The van der Waals surface area contributed by atoms with Gasteiger partial charge in [0, 0.05) is 25.4 Å². The van der Waals surface area contributed by atoms with E-state index in [-0.39, 0.29) is 17.5 Å². The molecule has 2 heterocycles. The zero-order chi connectivity index (χ0) is 21.9. The summed E-state index contributed by atoms with van der Waals surface area (Å²) in [6.07, 6.45) is -5.00. The molecule has 0 saturated carbocycles. The fraction of sp³-hybridized carbons (Fsp3) is 0.412. The van der Waals surface area contributed by atoms with E-state index in [0.717, 1.165) is 0 Å². The molecule has 0 unspecified atom stereocenters. The van der Waals surface area contributed by atoms with Crippen LogP contribution in [0.4, 0.5) is 24.8 Å². The molecule has 30 heavy (non-hydrogen) atoms. The van der Waals surface area contributed by atoms with Crippen molar-refractivity contribution in [3.8, 4) is 5.88 Å². The second-order valence-corrected chi connectivity index (χ2v) is 7.96. The number of hydrogen-bond acceptors (Lipinski definition) is 8. The van der Waals surface area contributed by atoms with E-state index >= 15 is 0 Å². The number of anilines is 2. The minimum atomic E-state index is -4.72. The molecule has 0 amide bonds. The van der Waals surface area contributed by atoms with E-state index in [9.17, 15) is 21.6 Å². The number of rotatable bonds is 6. The third-order valence-corrected chi connectivity index (χ3v) is 5.24. The molecule has 1 fully saturated rings. The number of hydrogen-bond donors (Lipinski definition) is 2. The van der Waals surface area contributed by atoms with Crippen LogP contribution >= 0.6 is 0 Å². The van der Waals surface area contributed by atoms with Crippen molar-refractivity contribution in [1.29, 1.82) is 0 Å². The summed E-state index contributed by atoms with van der Waals surface area (Å²) in [4.78, 5) is 7.43. The lowest BCUT2D eigenvalue weighted by Crippen LogP contribution is -2.42. The quantitative estimate of drug-likeness (QED) is 0.688. The Morgan fingerprint density at radius 2 is 1.93 bits per heavy atom. The highest BCUT2D eigenvalue weighted by Gasteiger charge is 2.38. The maximum absolute atomic E-state index is 13.4. The van der Waals surface area contributed by atoms with Crippen molar-refractivity contribution in [2.75, 3.05) is 25.6 Å². The molecule has 2 atom stereocenters. The second kappa shape index (κ2) is 8.71. The van der Waals surface area contributed by atoms with Crippen LogP contribution in [0.25, 0.3) is 0 Å². The minimum absolute atomic E-state index is 0.115. The molecule has 0 bridgehead atoms. The van der Waals surface area contributed by atoms with Crippen LogP contribution in [-0.2, 0) is 25.7 Å². The third-order valence-electron chi connectivity index (χ3n) is 4.31. The van der Waals surface area contributed by atoms with E-state index in [1.807, 2.05) is 0 Å². The SMILES string of the molecule is CO[C@H]1COCC[C@H]1Oc1nc(Nc2ccc(S(N)(=O)=O)cc2)ncc1C(F)(F)F. The van der Waals surface area contributed by atoms with Crippen molar-refractivity contribution in [3.05, 3.63) is 36.0 Å². The summed E-state index contributed by atoms with van der Waals surface area (Å²) in [5.74, 6) is -0.808. The standard InChI is InChI=1S/C17H19F3N4O5S/c1-27-14-9-28-7-6-13(14)29-15-12(17(18,19)20)8-22-16(24-15)23-10-2-4-11(5-3-10)30(21,25)26/h2-5,8,13-14H,6-7,9H2,1H3,(H2,21,25,26)(H,22,23,24)/t13-,14+/m1/s1. The number of primary sulfonamides is 1. The molecule has 9 nitrogen and oxygen atoms in total. The van der Waals surface area contributed by atoms with Crippen LogP contribution in [0.15, 0.2) is 35.4 Å². The number of methoxy groups -OCH3 is 1. The van der Waals surface area contributed by atoms with Crippen molar-refractivity contribution in [3.63, 3.8) is 0 Å². The van der Waals surface area contributed by atoms with E-state index < -0.39 is 39.9 Å². The fourth-order valence-corrected chi connectivity index (χ4v) is 3.27. The zero-order valence-electron chi connectivity index (χ0n) is 15.7. The molecular formula is C17H19F3N4O5S. The van der Waals surface area contributed by atoms with Crippen molar-refractivity contribution in [2.45, 2.75) is 29.7 Å². The van der Waals surface area contributed by atoms with Gasteiger partial charge in [-0.3, -0.25) is 0 Å². The van der Waals surface area contributed by atoms with Gasteiger partial charge in [0.25, 0.3) is 0 Å². The van der Waals surface area contributed by atoms with Gasteiger partial charge in [0.05, 0.1) is 18.1 Å². The molecule has 1 aromatic carbocycles. The highest BCUT2D eigenvalue weighted by atomic mass is 32.2. The van der Waals surface area contributed by atoms with Gasteiger partial charge >= 0.3 is 6.18 Å². The number of halogens is 3. The topological polar surface area (TPSA) is 126 Å². The van der Waals surface area contributed by atoms with Gasteiger partial charge in [-0.25, -0.2) is 18.5 Å². The summed E-state index contributed by atoms with van der Waals surface area (Å²) in [5, 5.41) is 7.74. The van der Waals surface area contributed by atoms with Crippen LogP contribution in [0.1, 0.15) is 12.0 Å². The van der Waals surface area contributed by atoms with Gasteiger partial charge in [-0.2, -0.15) is 18.2 Å². The van der Waals surface area contributed by atoms with E-state index in [1.165, 1.54) is 31.4 Å². The Kier molecular flexibility index (Phi) is 6.45. The van der Waals surface area contributed by atoms with Gasteiger partial charge in [0.2, 0.25) is 21.9 Å². The second-order valence-electron chi connectivity index (χ2n) is 6.40. The Hall–Kier alpha value is -2.48. The Morgan fingerprint density at radius 1 is 1.23 bits per heavy atom. The molecule has 164 valence electrons. The number of ether oxygens (including phenoxy) is 3. The van der Waals surface area contributed by atoms with Crippen molar-refractivity contribution >= 4 is 21.7 Å². The Balaban J connectivity index is 1.87. The number of alkyl halides is 3. The molecule has 0 spiro atoms. The van der Waals surface area contributed by atoms with Crippen LogP contribution < -0.4 is 15.2 Å². The molecule has 1 aliphatic rings. The molecular weight excluding hydrogens is 429 g/mol. The van der Waals surface area contributed by atoms with Gasteiger partial charge in [-0.1, -0.05) is 0 Å². The first-order valence-corrected chi connectivity index (χ1v) is 10.2. The molecule has 1 aromatic heterocycles. The number of benzene rings is 1. The summed E-state index contributed by atoms with van der Waals surface area (Å²) in [6.45, 7) is 0.508. The van der Waals surface area contributed by atoms with E-state index in [4.69, 9.17) is 19.3 Å². The number of aromatic nitrogens is 2. The fourth-order valence-electron chi connectivity index (χ4n) is 2.76. The summed E-state index contributed by atoms with van der Waals surface area (Å²) in [6, 6.07) is 5.23. The minimum Gasteiger partial charge on any atom is -0.471 e. The van der Waals surface area contributed by atoms with Gasteiger partial charge in [0.1, 0.15) is 17.8 Å². The Bertz CT molecular complexity index is 986. The lowest BCUT2D eigenvalue weighted by atomic mass is 10.1. The van der Waals surface area contributed by atoms with E-state index in [0.29, 0.717) is 24.9 Å². The van der Waals surface area contributed by atoms with Gasteiger partial charge in [-0.15, -0.1) is 0 Å². The predicted octanol–water partition coefficient (Wildman–Crippen LogP) is 2.07. The van der Waals surface area contributed by atoms with Crippen molar-refractivity contribution < 1.29 is 35.8 Å². The summed E-state index contributed by atoms with van der Waals surface area (Å²) >= 11 is 0. The first kappa shape index (κ1) is 22.2. The molecule has 0 aliphatic carbocycles. The summed E-state index contributed by atoms with van der Waals surface area (Å²) < 4.78 is 78.8. The van der Waals surface area contributed by atoms with Crippen molar-refractivity contribution in [2.24, 2.45) is 5.14 Å². The van der Waals surface area contributed by atoms with Crippen LogP contribution in [0.2, 0.25) is 0 Å². The molecule has 13 heteroatoms. The smallest absolute Gasteiger partial charge is 0.423 e. The lowest BCUT2D eigenvalue weighted by molar-refractivity contribution is -0.142. The van der Waals surface area contributed by atoms with E-state index in [2.05, 4.69) is 15.3 Å². The average Bonchev–Trinajstić information content (AvgIpc) is 2.67. The molecule has 1 saturated heterocycles. The molecule has 3 N–H and O–H groups in total. The van der Waals surface area contributed by atoms with Gasteiger partial charge < -0.3 is 19.5 Å². The number of sulfonamides is 1. The largest absolute Gasteiger partial charge is 0.471 e. The van der Waals surface area contributed by atoms with E-state index in [1.54, 1.807) is 0 Å². The molecule has 1 aliphatic heterocycles. The number of nitrogens with two attached hydrogens (primary N) is 1. The summed E-state index contributed by atoms with van der Waals surface area (Å²) in [5.41, 5.74) is -0.784. The Labute approximate surface area is 170 Å². The monoisotopic (exact) mass is 448 g/mol. The molecule has 2 aromatic rings. The van der Waals surface area contributed by atoms with Crippen LogP contribution in [0, 0.1) is 0 Å². The first-order valence-electron chi connectivity index (χ1n) is 8.69. The highest BCUT2D eigenvalue weighted by Crippen LogP contribution is 2.36. The highest BCUT2D eigenvalue weighted by molar-refractivity contribution is 7.89. The molecule has 3 rings (SSSR count). The number of nitrogens with zero attached hydrogens (tertiary/aromatic N) is 2. The predicted molar refractivity (Wildman–Crippen MR) is 98.8 cm³/mol. The van der Waals surface area contributed by atoms with Gasteiger partial charge in [-0.05, 0) is 24.3 Å². The van der Waals surface area contributed by atoms with Crippen LogP contribution in [-0.4, -0.2) is 50.9 Å². The maximum Gasteiger partial charge on any atom is 0.423 e. The average molecular weight is 448 g/mol. The van der Waals surface area contributed by atoms with Crippen molar-refractivity contribution in [1.82, 2.24) is 9.97 Å². The number of nitrogens with one attached hydrogen (secondary N) is 1. The third kappa shape index (κ3) is 5.36. The van der Waals surface area contributed by atoms with Crippen LogP contribution in [0.5, 0.6) is 5.88 Å². The summed E-state index contributed by atoms with van der Waals surface area (Å²) in [7, 11) is -2.46. The maximum atomic E-state index is 13.4. The lowest BCUT2D eigenvalue weighted by Gasteiger charge is -2.31. The normalized spacial score (nSPS) is 20.0.